The van der Waals surface area contributed by atoms with Crippen LogP contribution < -0.4 is 10.6 Å². The number of para-hydroxylation sites is 1. The monoisotopic (exact) mass is 360 g/mol. The zero-order valence-corrected chi connectivity index (χ0v) is 14.5. The Morgan fingerprint density at radius 2 is 1.84 bits per heavy atom. The van der Waals surface area contributed by atoms with Crippen LogP contribution in [0.15, 0.2) is 48.5 Å². The number of hydrogen-bond acceptors (Lipinski definition) is 4. The van der Waals surface area contributed by atoms with Crippen molar-refractivity contribution in [2.24, 2.45) is 0 Å². The summed E-state index contributed by atoms with van der Waals surface area (Å²) in [4.78, 5) is 11.5. The van der Waals surface area contributed by atoms with E-state index < -0.39 is 12.0 Å². The number of thiocarbonyl (C=S) groups is 1. The maximum absolute atomic E-state index is 11.5. The number of carboxylic acid groups (broad SMARTS) is 1. The third-order valence-electron chi connectivity index (χ3n) is 3.74. The third-order valence-corrected chi connectivity index (χ3v) is 3.97. The smallest absolute Gasteiger partial charge is 0.326 e. The Labute approximate surface area is 151 Å². The second-order valence-corrected chi connectivity index (χ2v) is 6.07. The molecule has 6 nitrogen and oxygen atoms in total. The van der Waals surface area contributed by atoms with Crippen LogP contribution in [0.2, 0.25) is 0 Å². The maximum atomic E-state index is 11.5. The van der Waals surface area contributed by atoms with Crippen molar-refractivity contribution in [3.8, 4) is 11.5 Å². The fourth-order valence-electron chi connectivity index (χ4n) is 2.38. The van der Waals surface area contributed by atoms with E-state index in [0.717, 1.165) is 5.56 Å². The molecule has 0 saturated carbocycles. The molecule has 0 fully saturated rings. The van der Waals surface area contributed by atoms with Gasteiger partial charge in [-0.25, -0.2) is 4.79 Å². The van der Waals surface area contributed by atoms with Gasteiger partial charge < -0.3 is 26.0 Å². The van der Waals surface area contributed by atoms with E-state index in [-0.39, 0.29) is 29.1 Å². The van der Waals surface area contributed by atoms with E-state index in [0.29, 0.717) is 5.56 Å². The van der Waals surface area contributed by atoms with E-state index >= 15 is 0 Å². The van der Waals surface area contributed by atoms with Gasteiger partial charge in [0.2, 0.25) is 0 Å². The number of carboxylic acids is 1. The van der Waals surface area contributed by atoms with E-state index in [1.54, 1.807) is 36.4 Å². The van der Waals surface area contributed by atoms with Gasteiger partial charge in [0.1, 0.15) is 17.5 Å². The lowest BCUT2D eigenvalue weighted by molar-refractivity contribution is -0.139. The van der Waals surface area contributed by atoms with Crippen LogP contribution in [0.25, 0.3) is 0 Å². The molecular weight excluding hydrogens is 340 g/mol. The Bertz CT molecular complexity index is 766. The molecule has 2 aromatic rings. The summed E-state index contributed by atoms with van der Waals surface area (Å²) in [5, 5.41) is 34.7. The van der Waals surface area contributed by atoms with Crippen molar-refractivity contribution in [2.75, 3.05) is 0 Å². The van der Waals surface area contributed by atoms with Crippen LogP contribution >= 0.6 is 12.2 Å². The SMILES string of the molecule is C[C@@H](NC(=S)NC(Cc1ccccc1O)C(=O)O)c1cccc(O)c1. The predicted molar refractivity (Wildman–Crippen MR) is 98.6 cm³/mol. The Balaban J connectivity index is 2.00. The largest absolute Gasteiger partial charge is 0.508 e. The fraction of sp³-hybridized carbons (Fsp3) is 0.222. The molecule has 0 bridgehead atoms. The molecule has 0 aliphatic heterocycles. The Hall–Kier alpha value is -2.80. The molecule has 25 heavy (non-hydrogen) atoms. The Morgan fingerprint density at radius 1 is 1.12 bits per heavy atom. The zero-order chi connectivity index (χ0) is 18.4. The molecule has 0 amide bonds. The zero-order valence-electron chi connectivity index (χ0n) is 13.6. The lowest BCUT2D eigenvalue weighted by Crippen LogP contribution is -2.47. The molecular formula is C18H20N2O4S. The highest BCUT2D eigenvalue weighted by Gasteiger charge is 2.21. The van der Waals surface area contributed by atoms with Crippen molar-refractivity contribution in [1.29, 1.82) is 0 Å². The van der Waals surface area contributed by atoms with Gasteiger partial charge in [-0.2, -0.15) is 0 Å². The van der Waals surface area contributed by atoms with Crippen LogP contribution in [-0.4, -0.2) is 32.4 Å². The summed E-state index contributed by atoms with van der Waals surface area (Å²) in [5.41, 5.74) is 1.34. The maximum Gasteiger partial charge on any atom is 0.326 e. The van der Waals surface area contributed by atoms with E-state index in [1.165, 1.54) is 6.07 Å². The first-order chi connectivity index (χ1) is 11.9. The minimum atomic E-state index is -1.07. The number of carbonyl (C=O) groups is 1. The molecule has 0 aliphatic carbocycles. The van der Waals surface area contributed by atoms with E-state index in [4.69, 9.17) is 12.2 Å². The van der Waals surface area contributed by atoms with Crippen molar-refractivity contribution in [3.63, 3.8) is 0 Å². The van der Waals surface area contributed by atoms with Crippen LogP contribution in [0.3, 0.4) is 0 Å². The van der Waals surface area contributed by atoms with Gasteiger partial charge in [0, 0.05) is 6.42 Å². The molecule has 5 N–H and O–H groups in total. The third kappa shape index (κ3) is 5.36. The van der Waals surface area contributed by atoms with Crippen molar-refractivity contribution in [2.45, 2.75) is 25.4 Å². The van der Waals surface area contributed by atoms with Crippen LogP contribution in [0.4, 0.5) is 0 Å². The molecule has 0 heterocycles. The first-order valence-electron chi connectivity index (χ1n) is 7.72. The second kappa shape index (κ2) is 8.34. The van der Waals surface area contributed by atoms with Gasteiger partial charge in [0.25, 0.3) is 0 Å². The van der Waals surface area contributed by atoms with Crippen molar-refractivity contribution in [3.05, 3.63) is 59.7 Å². The number of aromatic hydroxyl groups is 2. The lowest BCUT2D eigenvalue weighted by atomic mass is 10.1. The summed E-state index contributed by atoms with van der Waals surface area (Å²) in [6.45, 7) is 1.85. The highest BCUT2D eigenvalue weighted by Crippen LogP contribution is 2.19. The molecule has 2 aromatic carbocycles. The number of benzene rings is 2. The summed E-state index contributed by atoms with van der Waals surface area (Å²) < 4.78 is 0. The number of hydrogen-bond donors (Lipinski definition) is 5. The molecule has 7 heteroatoms. The van der Waals surface area contributed by atoms with Gasteiger partial charge in [-0.05, 0) is 48.5 Å². The number of phenolic OH excluding ortho intramolecular Hbond substituents is 2. The Morgan fingerprint density at radius 3 is 2.48 bits per heavy atom. The molecule has 0 spiro atoms. The average Bonchev–Trinajstić information content (AvgIpc) is 2.56. The molecule has 2 rings (SSSR count). The molecule has 1 unspecified atom stereocenters. The van der Waals surface area contributed by atoms with E-state index in [2.05, 4.69) is 10.6 Å². The van der Waals surface area contributed by atoms with Crippen LogP contribution in [0.5, 0.6) is 11.5 Å². The molecule has 0 saturated heterocycles. The van der Waals surface area contributed by atoms with Crippen molar-refractivity contribution >= 4 is 23.3 Å². The highest BCUT2D eigenvalue weighted by molar-refractivity contribution is 7.80. The topological polar surface area (TPSA) is 102 Å². The minimum absolute atomic E-state index is 0.0440. The second-order valence-electron chi connectivity index (χ2n) is 5.66. The standard InChI is InChI=1S/C18H20N2O4S/c1-11(12-6-4-7-14(21)9-12)19-18(25)20-15(17(23)24)10-13-5-2-3-8-16(13)22/h2-9,11,15,21-22H,10H2,1H3,(H,23,24)(H2,19,20,25)/t11-,15?/m1/s1. The molecule has 2 atom stereocenters. The van der Waals surface area contributed by atoms with Crippen molar-refractivity contribution in [1.82, 2.24) is 10.6 Å². The lowest BCUT2D eigenvalue weighted by Gasteiger charge is -2.21. The quantitative estimate of drug-likeness (QED) is 0.504. The fourth-order valence-corrected chi connectivity index (χ4v) is 2.70. The van der Waals surface area contributed by atoms with Gasteiger partial charge in [-0.15, -0.1) is 0 Å². The number of nitrogens with one attached hydrogen (secondary N) is 2. The number of aliphatic carboxylic acids is 1. The summed E-state index contributed by atoms with van der Waals surface area (Å²) in [7, 11) is 0. The molecule has 0 aromatic heterocycles. The number of rotatable bonds is 6. The Kier molecular flexibility index (Phi) is 6.19. The van der Waals surface area contributed by atoms with Crippen LogP contribution in [-0.2, 0) is 11.2 Å². The highest BCUT2D eigenvalue weighted by atomic mass is 32.1. The molecule has 0 aliphatic rings. The van der Waals surface area contributed by atoms with Crippen LogP contribution in [0, 0.1) is 0 Å². The van der Waals surface area contributed by atoms with Gasteiger partial charge in [-0.1, -0.05) is 30.3 Å². The van der Waals surface area contributed by atoms with Crippen LogP contribution in [0.1, 0.15) is 24.1 Å². The van der Waals surface area contributed by atoms with Crippen molar-refractivity contribution < 1.29 is 20.1 Å². The molecule has 132 valence electrons. The van der Waals surface area contributed by atoms with Gasteiger partial charge in [0.15, 0.2) is 5.11 Å². The summed E-state index contributed by atoms with van der Waals surface area (Å²) >= 11 is 5.20. The summed E-state index contributed by atoms with van der Waals surface area (Å²) in [5.74, 6) is -0.882. The average molecular weight is 360 g/mol. The van der Waals surface area contributed by atoms with Gasteiger partial charge in [-0.3, -0.25) is 0 Å². The van der Waals surface area contributed by atoms with Gasteiger partial charge in [0.05, 0.1) is 6.04 Å². The predicted octanol–water partition coefficient (Wildman–Crippen LogP) is 2.32. The van der Waals surface area contributed by atoms with E-state index in [9.17, 15) is 20.1 Å². The number of phenols is 2. The minimum Gasteiger partial charge on any atom is -0.508 e. The summed E-state index contributed by atoms with van der Waals surface area (Å²) in [6.07, 6.45) is 0.0876. The normalized spacial score (nSPS) is 12.8. The summed E-state index contributed by atoms with van der Waals surface area (Å²) in [6, 6.07) is 12.1. The van der Waals surface area contributed by atoms with Gasteiger partial charge >= 0.3 is 5.97 Å². The first kappa shape index (κ1) is 18.5. The van der Waals surface area contributed by atoms with E-state index in [1.807, 2.05) is 13.0 Å². The molecule has 0 radical (unpaired) electrons. The first-order valence-corrected chi connectivity index (χ1v) is 8.13.